The number of nitrogens with zero attached hydrogens (tertiary/aromatic N) is 2. The Kier molecular flexibility index (Phi) is 4.40. The van der Waals surface area contributed by atoms with Gasteiger partial charge in [0.1, 0.15) is 0 Å². The van der Waals surface area contributed by atoms with Crippen molar-refractivity contribution in [1.29, 1.82) is 0 Å². The topological polar surface area (TPSA) is 18.5 Å². The van der Waals surface area contributed by atoms with Gasteiger partial charge in [-0.05, 0) is 57.5 Å². The van der Waals surface area contributed by atoms with Crippen LogP contribution in [0.5, 0.6) is 0 Å². The maximum atomic E-state index is 3.76. The van der Waals surface area contributed by atoms with Gasteiger partial charge in [-0.1, -0.05) is 13.8 Å². The highest BCUT2D eigenvalue weighted by Gasteiger charge is 2.36. The van der Waals surface area contributed by atoms with E-state index in [1.807, 2.05) is 0 Å². The quantitative estimate of drug-likeness (QED) is 0.805. The maximum Gasteiger partial charge on any atom is 0.0223 e. The van der Waals surface area contributed by atoms with Crippen molar-refractivity contribution in [2.45, 2.75) is 70.5 Å². The molecule has 2 aliphatic heterocycles. The predicted molar refractivity (Wildman–Crippen MR) is 85.1 cm³/mol. The Morgan fingerprint density at radius 2 is 1.85 bits per heavy atom. The average Bonchev–Trinajstić information content (AvgIpc) is 3.19. The molecule has 1 N–H and O–H groups in total. The molecule has 0 radical (unpaired) electrons. The van der Waals surface area contributed by atoms with Crippen LogP contribution in [-0.4, -0.2) is 61.2 Å². The first-order chi connectivity index (χ1) is 9.59. The molecule has 3 unspecified atom stereocenters. The largest absolute Gasteiger partial charge is 0.313 e. The van der Waals surface area contributed by atoms with Gasteiger partial charge in [0, 0.05) is 37.8 Å². The monoisotopic (exact) mass is 279 g/mol. The normalized spacial score (nSPS) is 35.0. The van der Waals surface area contributed by atoms with E-state index in [-0.39, 0.29) is 0 Å². The highest BCUT2D eigenvalue weighted by Crippen LogP contribution is 2.31. The van der Waals surface area contributed by atoms with Gasteiger partial charge in [-0.15, -0.1) is 0 Å². The van der Waals surface area contributed by atoms with Gasteiger partial charge >= 0.3 is 0 Å². The van der Waals surface area contributed by atoms with E-state index < -0.39 is 0 Å². The van der Waals surface area contributed by atoms with Crippen LogP contribution < -0.4 is 5.32 Å². The first kappa shape index (κ1) is 14.8. The Balaban J connectivity index is 1.54. The van der Waals surface area contributed by atoms with Gasteiger partial charge < -0.3 is 10.2 Å². The third-order valence-electron chi connectivity index (χ3n) is 6.09. The van der Waals surface area contributed by atoms with Crippen molar-refractivity contribution in [3.63, 3.8) is 0 Å². The Bertz CT molecular complexity index is 328. The summed E-state index contributed by atoms with van der Waals surface area (Å²) in [4.78, 5) is 5.42. The van der Waals surface area contributed by atoms with E-state index >= 15 is 0 Å². The summed E-state index contributed by atoms with van der Waals surface area (Å²) < 4.78 is 0. The van der Waals surface area contributed by atoms with Gasteiger partial charge in [0.05, 0.1) is 0 Å². The molecule has 0 aromatic carbocycles. The maximum absolute atomic E-state index is 3.76. The molecule has 116 valence electrons. The van der Waals surface area contributed by atoms with E-state index in [4.69, 9.17) is 0 Å². The van der Waals surface area contributed by atoms with Gasteiger partial charge in [0.2, 0.25) is 0 Å². The number of nitrogens with one attached hydrogen (secondary N) is 1. The van der Waals surface area contributed by atoms with Crippen LogP contribution in [0.1, 0.15) is 52.4 Å². The molecule has 0 amide bonds. The van der Waals surface area contributed by atoms with Crippen molar-refractivity contribution in [1.82, 2.24) is 15.1 Å². The lowest BCUT2D eigenvalue weighted by Gasteiger charge is -2.36. The summed E-state index contributed by atoms with van der Waals surface area (Å²) in [5.74, 6) is 0. The predicted octanol–water partition coefficient (Wildman–Crippen LogP) is 2.32. The lowest BCUT2D eigenvalue weighted by Crippen LogP contribution is -2.45. The molecule has 2 saturated heterocycles. The van der Waals surface area contributed by atoms with Gasteiger partial charge in [0.15, 0.2) is 0 Å². The Hall–Kier alpha value is -0.120. The number of fused-ring (bicyclic) bond motifs is 2. The van der Waals surface area contributed by atoms with Gasteiger partial charge in [-0.2, -0.15) is 0 Å². The van der Waals surface area contributed by atoms with Crippen molar-refractivity contribution >= 4 is 0 Å². The minimum atomic E-state index is 0.449. The second-order valence-corrected chi connectivity index (χ2v) is 7.89. The average molecular weight is 279 g/mol. The fourth-order valence-corrected chi connectivity index (χ4v) is 4.03. The number of rotatable bonds is 6. The molecule has 0 aromatic heterocycles. The molecule has 0 spiro atoms. The third kappa shape index (κ3) is 3.37. The van der Waals surface area contributed by atoms with Crippen molar-refractivity contribution in [2.75, 3.05) is 33.2 Å². The van der Waals surface area contributed by atoms with Crippen molar-refractivity contribution < 1.29 is 0 Å². The van der Waals surface area contributed by atoms with E-state index in [2.05, 4.69) is 36.0 Å². The number of likely N-dealkylation sites (N-methyl/N-ethyl adjacent to an activating group) is 1. The summed E-state index contributed by atoms with van der Waals surface area (Å²) in [6.45, 7) is 9.94. The van der Waals surface area contributed by atoms with Crippen LogP contribution in [0.2, 0.25) is 0 Å². The van der Waals surface area contributed by atoms with Crippen LogP contribution in [0.3, 0.4) is 0 Å². The lowest BCUT2D eigenvalue weighted by molar-refractivity contribution is 0.142. The molecule has 3 nitrogen and oxygen atoms in total. The Labute approximate surface area is 125 Å². The third-order valence-corrected chi connectivity index (χ3v) is 6.09. The summed E-state index contributed by atoms with van der Waals surface area (Å²) in [6, 6.07) is 2.52. The molecule has 1 aliphatic carbocycles. The van der Waals surface area contributed by atoms with Crippen molar-refractivity contribution in [3.8, 4) is 0 Å². The number of hydrogen-bond donors (Lipinski definition) is 1. The summed E-state index contributed by atoms with van der Waals surface area (Å²) in [6.07, 6.45) is 8.32. The van der Waals surface area contributed by atoms with Crippen LogP contribution in [-0.2, 0) is 0 Å². The summed E-state index contributed by atoms with van der Waals surface area (Å²) >= 11 is 0. The van der Waals surface area contributed by atoms with Gasteiger partial charge in [-0.3, -0.25) is 4.90 Å². The molecule has 3 aliphatic rings. The molecule has 2 heterocycles. The van der Waals surface area contributed by atoms with E-state index in [9.17, 15) is 0 Å². The fraction of sp³-hybridized carbons (Fsp3) is 1.00. The zero-order valence-electron chi connectivity index (χ0n) is 13.7. The van der Waals surface area contributed by atoms with Crippen LogP contribution in [0.4, 0.5) is 0 Å². The summed E-state index contributed by atoms with van der Waals surface area (Å²) in [7, 11) is 2.35. The van der Waals surface area contributed by atoms with E-state index in [1.165, 1.54) is 64.7 Å². The molecule has 3 heteroatoms. The molecule has 3 atom stereocenters. The minimum Gasteiger partial charge on any atom is -0.313 e. The van der Waals surface area contributed by atoms with Crippen LogP contribution in [0.15, 0.2) is 0 Å². The summed E-state index contributed by atoms with van der Waals surface area (Å²) in [5.41, 5.74) is 0.449. The molecule has 1 saturated carbocycles. The summed E-state index contributed by atoms with van der Waals surface area (Å²) in [5, 5.41) is 3.76. The Morgan fingerprint density at radius 3 is 2.55 bits per heavy atom. The molecule has 20 heavy (non-hydrogen) atoms. The number of likely N-dealkylation sites (tertiary alicyclic amines) is 1. The second kappa shape index (κ2) is 5.94. The molecule has 3 rings (SSSR count). The first-order valence-corrected chi connectivity index (χ1v) is 8.77. The molecular weight excluding hydrogens is 246 g/mol. The molecular formula is C17H33N3. The zero-order valence-corrected chi connectivity index (χ0v) is 13.7. The lowest BCUT2D eigenvalue weighted by atomic mass is 9.86. The van der Waals surface area contributed by atoms with Crippen LogP contribution in [0.25, 0.3) is 0 Å². The van der Waals surface area contributed by atoms with Crippen LogP contribution >= 0.6 is 0 Å². The van der Waals surface area contributed by atoms with Gasteiger partial charge in [0.25, 0.3) is 0 Å². The van der Waals surface area contributed by atoms with Crippen molar-refractivity contribution in [2.24, 2.45) is 5.41 Å². The highest BCUT2D eigenvalue weighted by molar-refractivity contribution is 4.93. The smallest absolute Gasteiger partial charge is 0.0223 e. The van der Waals surface area contributed by atoms with Crippen LogP contribution in [0, 0.1) is 5.41 Å². The van der Waals surface area contributed by atoms with Gasteiger partial charge in [-0.25, -0.2) is 0 Å². The Morgan fingerprint density at radius 1 is 1.10 bits per heavy atom. The highest BCUT2D eigenvalue weighted by atomic mass is 15.3. The van der Waals surface area contributed by atoms with E-state index in [0.717, 1.165) is 18.1 Å². The second-order valence-electron chi connectivity index (χ2n) is 7.89. The van der Waals surface area contributed by atoms with E-state index in [1.54, 1.807) is 0 Å². The minimum absolute atomic E-state index is 0.449. The zero-order chi connectivity index (χ0) is 14.2. The molecule has 0 aromatic rings. The fourth-order valence-electron chi connectivity index (χ4n) is 4.03. The SMILES string of the molecule is CCC(C)(CNC1CC1)CN1CCC2CCC(C1)N2C. The standard InChI is InChI=1S/C17H33N3/c1-4-17(2,12-18-14-5-6-14)13-20-10-9-15-7-8-16(11-20)19(15)3/h14-16,18H,4-13H2,1-3H3. The molecule has 2 bridgehead atoms. The molecule has 3 fully saturated rings. The number of hydrogen-bond acceptors (Lipinski definition) is 3. The first-order valence-electron chi connectivity index (χ1n) is 8.77. The van der Waals surface area contributed by atoms with E-state index in [0.29, 0.717) is 5.41 Å². The van der Waals surface area contributed by atoms with Crippen molar-refractivity contribution in [3.05, 3.63) is 0 Å².